The summed E-state index contributed by atoms with van der Waals surface area (Å²) in [5.41, 5.74) is 0. The van der Waals surface area contributed by atoms with Crippen LogP contribution >= 0.6 is 0 Å². The van der Waals surface area contributed by atoms with E-state index in [1.54, 1.807) is 0 Å². The van der Waals surface area contributed by atoms with E-state index in [4.69, 9.17) is 0 Å². The number of hydrogen-bond donors (Lipinski definition) is 1. The zero-order valence-corrected chi connectivity index (χ0v) is 12.9. The van der Waals surface area contributed by atoms with Crippen molar-refractivity contribution in [3.63, 3.8) is 0 Å². The Kier molecular flexibility index (Phi) is 5.33. The normalized spacial score (nSPS) is 17.2. The molecule has 1 unspecified atom stereocenters. The topological polar surface area (TPSA) is 86.3 Å². The number of benzene rings is 1. The first kappa shape index (κ1) is 15.3. The van der Waals surface area contributed by atoms with Gasteiger partial charge in [-0.05, 0) is 36.1 Å². The van der Waals surface area contributed by atoms with Gasteiger partial charge in [-0.1, -0.05) is 12.1 Å². The summed E-state index contributed by atoms with van der Waals surface area (Å²) in [6.07, 6.45) is 1.61. The van der Waals surface area contributed by atoms with Gasteiger partial charge in [0.25, 0.3) is 0 Å². The first-order valence-electron chi connectivity index (χ1n) is 4.71. The van der Waals surface area contributed by atoms with Crippen LogP contribution in [0.1, 0.15) is 12.8 Å². The Morgan fingerprint density at radius 1 is 1.29 bits per heavy atom. The van der Waals surface area contributed by atoms with E-state index in [0.29, 0.717) is 0 Å². The Hall–Kier alpha value is 0.240. The molecule has 0 aromatic heterocycles. The Morgan fingerprint density at radius 2 is 1.88 bits per heavy atom. The van der Waals surface area contributed by atoms with Crippen molar-refractivity contribution in [1.29, 1.82) is 0 Å². The molecule has 0 aliphatic heterocycles. The Morgan fingerprint density at radius 3 is 2.41 bits per heavy atom. The number of hydrogen-bond acceptors (Lipinski definition) is 4. The molecular weight excluding hydrogens is 273 g/mol. The van der Waals surface area contributed by atoms with Crippen molar-refractivity contribution in [3.8, 4) is 0 Å². The second-order valence-corrected chi connectivity index (χ2v) is 6.17. The van der Waals surface area contributed by atoms with Crippen molar-refractivity contribution >= 4 is 21.1 Å². The van der Waals surface area contributed by atoms with Crippen LogP contribution in [0, 0.1) is 0 Å². The standard InChI is InChI=1S/C9H11NO4S2.Na/c11-15(12)8-3-1-2-4-9(8)16(13,14)10-7-5-6-7;/h1-4,7,10H,5-6H2,(H,11,12);/q;+1/p-1. The Labute approximate surface area is 125 Å². The minimum absolute atomic E-state index is 0. The monoisotopic (exact) mass is 283 g/mol. The van der Waals surface area contributed by atoms with Crippen LogP contribution in [0.15, 0.2) is 34.1 Å². The van der Waals surface area contributed by atoms with Crippen LogP contribution in [0.3, 0.4) is 0 Å². The van der Waals surface area contributed by atoms with E-state index in [2.05, 4.69) is 4.72 Å². The Bertz CT molecular complexity index is 528. The van der Waals surface area contributed by atoms with Gasteiger partial charge in [0.1, 0.15) is 0 Å². The maximum atomic E-state index is 11.8. The van der Waals surface area contributed by atoms with E-state index >= 15 is 0 Å². The summed E-state index contributed by atoms with van der Waals surface area (Å²) in [6.45, 7) is 0. The van der Waals surface area contributed by atoms with Crippen LogP contribution in [-0.2, 0) is 21.1 Å². The maximum Gasteiger partial charge on any atom is 1.00 e. The molecule has 0 heterocycles. The zero-order valence-electron chi connectivity index (χ0n) is 9.25. The molecule has 1 aliphatic rings. The molecule has 1 atom stereocenters. The van der Waals surface area contributed by atoms with Crippen molar-refractivity contribution in [3.05, 3.63) is 24.3 Å². The molecule has 5 nitrogen and oxygen atoms in total. The number of sulfonamides is 1. The van der Waals surface area contributed by atoms with Crippen molar-refractivity contribution in [2.24, 2.45) is 0 Å². The zero-order chi connectivity index (χ0) is 11.8. The van der Waals surface area contributed by atoms with Crippen LogP contribution in [0.5, 0.6) is 0 Å². The third-order valence-electron chi connectivity index (χ3n) is 2.22. The van der Waals surface area contributed by atoms with Gasteiger partial charge < -0.3 is 4.55 Å². The quantitative estimate of drug-likeness (QED) is 0.484. The van der Waals surface area contributed by atoms with Crippen LogP contribution < -0.4 is 34.3 Å². The molecule has 1 aliphatic carbocycles. The molecule has 0 saturated heterocycles. The van der Waals surface area contributed by atoms with Gasteiger partial charge in [0.2, 0.25) is 10.0 Å². The van der Waals surface area contributed by atoms with Crippen LogP contribution in [0.25, 0.3) is 0 Å². The molecule has 8 heteroatoms. The predicted octanol–water partition coefficient (Wildman–Crippen LogP) is -2.63. The van der Waals surface area contributed by atoms with E-state index in [1.165, 1.54) is 24.3 Å². The second kappa shape index (κ2) is 5.92. The predicted molar refractivity (Wildman–Crippen MR) is 57.0 cm³/mol. The molecular formula is C9H10NNaO4S2. The van der Waals surface area contributed by atoms with Gasteiger partial charge in [-0.2, -0.15) is 0 Å². The molecule has 0 spiro atoms. The molecule has 0 radical (unpaired) electrons. The third kappa shape index (κ3) is 3.85. The summed E-state index contributed by atoms with van der Waals surface area (Å²) < 4.78 is 47.8. The molecule has 1 N–H and O–H groups in total. The maximum absolute atomic E-state index is 11.8. The number of rotatable bonds is 4. The molecule has 17 heavy (non-hydrogen) atoms. The summed E-state index contributed by atoms with van der Waals surface area (Å²) in [7, 11) is -3.72. The summed E-state index contributed by atoms with van der Waals surface area (Å²) in [4.78, 5) is -0.383. The fourth-order valence-corrected chi connectivity index (χ4v) is 3.64. The molecule has 0 bridgehead atoms. The van der Waals surface area contributed by atoms with Gasteiger partial charge in [0, 0.05) is 10.9 Å². The van der Waals surface area contributed by atoms with Crippen molar-refractivity contribution in [2.75, 3.05) is 0 Å². The van der Waals surface area contributed by atoms with Crippen molar-refractivity contribution in [1.82, 2.24) is 4.72 Å². The fraction of sp³-hybridized carbons (Fsp3) is 0.333. The van der Waals surface area contributed by atoms with Gasteiger partial charge >= 0.3 is 29.6 Å². The van der Waals surface area contributed by atoms with E-state index in [0.717, 1.165) is 12.8 Å². The van der Waals surface area contributed by atoms with Crippen LogP contribution in [0.4, 0.5) is 0 Å². The van der Waals surface area contributed by atoms with E-state index < -0.39 is 21.1 Å². The second-order valence-electron chi connectivity index (χ2n) is 3.58. The molecule has 1 aromatic carbocycles. The first-order chi connectivity index (χ1) is 7.50. The van der Waals surface area contributed by atoms with Gasteiger partial charge in [0.05, 0.1) is 4.90 Å². The SMILES string of the molecule is O=S([O-])c1ccccc1S(=O)(=O)NC1CC1.[Na+]. The summed E-state index contributed by atoms with van der Waals surface area (Å²) in [5, 5.41) is 0. The van der Waals surface area contributed by atoms with Gasteiger partial charge in [0.15, 0.2) is 0 Å². The molecule has 0 amide bonds. The van der Waals surface area contributed by atoms with Gasteiger partial charge in [-0.25, -0.2) is 13.1 Å². The first-order valence-corrected chi connectivity index (χ1v) is 7.27. The largest absolute Gasteiger partial charge is 1.00 e. The summed E-state index contributed by atoms with van der Waals surface area (Å²) in [6, 6.07) is 5.50. The van der Waals surface area contributed by atoms with Gasteiger partial charge in [-0.3, -0.25) is 4.21 Å². The van der Waals surface area contributed by atoms with Crippen molar-refractivity contribution in [2.45, 2.75) is 28.7 Å². The smallest absolute Gasteiger partial charge is 0.768 e. The molecule has 1 aromatic rings. The van der Waals surface area contributed by atoms with Crippen molar-refractivity contribution < 1.29 is 46.7 Å². The summed E-state index contributed by atoms with van der Waals surface area (Å²) >= 11 is -2.55. The molecule has 1 saturated carbocycles. The van der Waals surface area contributed by atoms with Crippen LogP contribution in [0.2, 0.25) is 0 Å². The van der Waals surface area contributed by atoms with E-state index in [-0.39, 0.29) is 45.4 Å². The van der Waals surface area contributed by atoms with Crippen LogP contribution in [-0.4, -0.2) is 23.2 Å². The summed E-state index contributed by atoms with van der Waals surface area (Å²) in [5.74, 6) is 0. The Balaban J connectivity index is 0.00000144. The molecule has 1 fully saturated rings. The van der Waals surface area contributed by atoms with E-state index in [1.807, 2.05) is 0 Å². The fourth-order valence-electron chi connectivity index (χ4n) is 1.29. The average molecular weight is 283 g/mol. The average Bonchev–Trinajstić information content (AvgIpc) is 3.01. The minimum atomic E-state index is -3.72. The van der Waals surface area contributed by atoms with Gasteiger partial charge in [-0.15, -0.1) is 0 Å². The molecule has 2 rings (SSSR count). The van der Waals surface area contributed by atoms with E-state index in [9.17, 15) is 17.2 Å². The number of nitrogens with one attached hydrogen (secondary N) is 1. The molecule has 88 valence electrons. The minimum Gasteiger partial charge on any atom is -0.768 e. The third-order valence-corrected chi connectivity index (χ3v) is 4.64.